The highest BCUT2D eigenvalue weighted by Gasteiger charge is 2.14. The predicted molar refractivity (Wildman–Crippen MR) is 63.2 cm³/mol. The van der Waals surface area contributed by atoms with Crippen molar-refractivity contribution in [2.45, 2.75) is 11.5 Å². The number of methoxy groups -OCH3 is 1. The molecule has 0 aliphatic heterocycles. The molecule has 0 aliphatic carbocycles. The summed E-state index contributed by atoms with van der Waals surface area (Å²) in [6.07, 6.45) is 0.766. The zero-order valence-corrected chi connectivity index (χ0v) is 10.2. The summed E-state index contributed by atoms with van der Waals surface area (Å²) < 4.78 is 32.4. The lowest BCUT2D eigenvalue weighted by atomic mass is 10.1. The van der Waals surface area contributed by atoms with Gasteiger partial charge in [-0.2, -0.15) is 0 Å². The Hall–Kier alpha value is -1.37. The fourth-order valence-electron chi connectivity index (χ4n) is 1.58. The highest BCUT2D eigenvalue weighted by Crippen LogP contribution is 2.23. The number of sulfonamides is 1. The van der Waals surface area contributed by atoms with Crippen molar-refractivity contribution in [1.29, 1.82) is 0 Å². The second-order valence-electron chi connectivity index (χ2n) is 3.73. The maximum atomic E-state index is 11.1. The molecule has 92 valence electrons. The molecule has 2 N–H and O–H groups in total. The van der Waals surface area contributed by atoms with Crippen LogP contribution in [0.3, 0.4) is 0 Å². The molecule has 0 saturated heterocycles. The van der Waals surface area contributed by atoms with Gasteiger partial charge in [-0.15, -0.1) is 0 Å². The van der Waals surface area contributed by atoms with Crippen molar-refractivity contribution in [2.75, 3.05) is 13.7 Å². The van der Waals surface area contributed by atoms with Crippen molar-refractivity contribution >= 4 is 21.0 Å². The Kier molecular flexibility index (Phi) is 3.19. The number of rotatable bonds is 4. The van der Waals surface area contributed by atoms with Crippen LogP contribution < -0.4 is 5.14 Å². The Morgan fingerprint density at radius 1 is 1.35 bits per heavy atom. The molecule has 2 rings (SSSR count). The molecule has 0 unspecified atom stereocenters. The molecule has 5 nitrogen and oxygen atoms in total. The minimum atomic E-state index is -3.79. The Morgan fingerprint density at radius 2 is 2.12 bits per heavy atom. The molecule has 0 spiro atoms. The second kappa shape index (κ2) is 4.48. The van der Waals surface area contributed by atoms with Gasteiger partial charge in [-0.25, -0.2) is 13.6 Å². The van der Waals surface area contributed by atoms with Crippen LogP contribution in [0.4, 0.5) is 0 Å². The summed E-state index contributed by atoms with van der Waals surface area (Å²) in [5.41, 5.74) is 1.57. The van der Waals surface area contributed by atoms with E-state index in [4.69, 9.17) is 14.3 Å². The first-order valence-electron chi connectivity index (χ1n) is 5.05. The van der Waals surface area contributed by atoms with Gasteiger partial charge in [0.05, 0.1) is 6.61 Å². The van der Waals surface area contributed by atoms with Crippen LogP contribution in [0.25, 0.3) is 11.0 Å². The summed E-state index contributed by atoms with van der Waals surface area (Å²) in [5, 5.41) is 5.51. The molecule has 0 fully saturated rings. The zero-order valence-electron chi connectivity index (χ0n) is 9.34. The second-order valence-corrected chi connectivity index (χ2v) is 5.22. The van der Waals surface area contributed by atoms with Crippen LogP contribution in [0.1, 0.15) is 5.56 Å². The van der Waals surface area contributed by atoms with E-state index in [-0.39, 0.29) is 5.09 Å². The predicted octanol–water partition coefficient (Wildman–Crippen LogP) is 1.27. The average Bonchev–Trinajstić information content (AvgIpc) is 2.68. The van der Waals surface area contributed by atoms with Crippen molar-refractivity contribution in [2.24, 2.45) is 5.14 Å². The van der Waals surface area contributed by atoms with E-state index in [0.29, 0.717) is 12.2 Å². The van der Waals surface area contributed by atoms with E-state index in [0.717, 1.165) is 17.4 Å². The van der Waals surface area contributed by atoms with Crippen LogP contribution in [0.5, 0.6) is 0 Å². The van der Waals surface area contributed by atoms with E-state index in [2.05, 4.69) is 0 Å². The fraction of sp³-hybridized carbons (Fsp3) is 0.273. The summed E-state index contributed by atoms with van der Waals surface area (Å²) in [7, 11) is -2.15. The van der Waals surface area contributed by atoms with Crippen molar-refractivity contribution in [1.82, 2.24) is 0 Å². The summed E-state index contributed by atoms with van der Waals surface area (Å²) >= 11 is 0. The molecule has 17 heavy (non-hydrogen) atoms. The van der Waals surface area contributed by atoms with Crippen LogP contribution in [0, 0.1) is 0 Å². The summed E-state index contributed by atoms with van der Waals surface area (Å²) in [5.74, 6) is 0. The van der Waals surface area contributed by atoms with Crippen LogP contribution in [-0.2, 0) is 21.2 Å². The number of ether oxygens (including phenoxy) is 1. The van der Waals surface area contributed by atoms with Crippen molar-refractivity contribution in [3.05, 3.63) is 29.8 Å². The van der Waals surface area contributed by atoms with Gasteiger partial charge in [0, 0.05) is 18.6 Å². The summed E-state index contributed by atoms with van der Waals surface area (Å²) in [6.45, 7) is 0.616. The van der Waals surface area contributed by atoms with Crippen LogP contribution in [-0.4, -0.2) is 22.1 Å². The summed E-state index contributed by atoms with van der Waals surface area (Å²) in [4.78, 5) is 0. The highest BCUT2D eigenvalue weighted by atomic mass is 32.2. The number of benzene rings is 1. The number of primary sulfonamides is 1. The lowest BCUT2D eigenvalue weighted by Crippen LogP contribution is -2.10. The Bertz CT molecular complexity index is 630. The van der Waals surface area contributed by atoms with Crippen molar-refractivity contribution in [3.63, 3.8) is 0 Å². The summed E-state index contributed by atoms with van der Waals surface area (Å²) in [6, 6.07) is 6.90. The minimum Gasteiger partial charge on any atom is -0.443 e. The quantitative estimate of drug-likeness (QED) is 0.891. The third-order valence-corrected chi connectivity index (χ3v) is 3.20. The number of fused-ring (bicyclic) bond motifs is 1. The standard InChI is InChI=1S/C11H13NO4S/c1-15-5-4-8-2-3-10-9(6-8)7-11(16-10)17(12,13)14/h2-3,6-7H,4-5H2,1H3,(H2,12,13,14). The monoisotopic (exact) mass is 255 g/mol. The molecule has 0 bridgehead atoms. The average molecular weight is 255 g/mol. The third-order valence-electron chi connectivity index (χ3n) is 2.43. The van der Waals surface area contributed by atoms with Crippen LogP contribution >= 0.6 is 0 Å². The van der Waals surface area contributed by atoms with E-state index < -0.39 is 10.0 Å². The van der Waals surface area contributed by atoms with Gasteiger partial charge in [-0.1, -0.05) is 6.07 Å². The molecular weight excluding hydrogens is 242 g/mol. The first kappa shape index (κ1) is 12.1. The largest absolute Gasteiger partial charge is 0.443 e. The molecule has 0 atom stereocenters. The minimum absolute atomic E-state index is 0.212. The number of hydrogen-bond acceptors (Lipinski definition) is 4. The first-order valence-corrected chi connectivity index (χ1v) is 6.59. The molecule has 6 heteroatoms. The van der Waals surface area contributed by atoms with Gasteiger partial charge in [0.1, 0.15) is 5.58 Å². The molecule has 0 aliphatic rings. The Balaban J connectivity index is 2.41. The van der Waals surface area contributed by atoms with E-state index in [9.17, 15) is 8.42 Å². The molecular formula is C11H13NO4S. The van der Waals surface area contributed by atoms with Crippen LogP contribution in [0.15, 0.2) is 33.8 Å². The van der Waals surface area contributed by atoms with Gasteiger partial charge in [-0.05, 0) is 24.1 Å². The smallest absolute Gasteiger partial charge is 0.271 e. The van der Waals surface area contributed by atoms with E-state index in [1.165, 1.54) is 6.07 Å². The van der Waals surface area contributed by atoms with Gasteiger partial charge in [0.15, 0.2) is 0 Å². The number of hydrogen-bond donors (Lipinski definition) is 1. The molecule has 0 saturated carbocycles. The molecule has 0 radical (unpaired) electrons. The fourth-order valence-corrected chi connectivity index (χ4v) is 2.08. The maximum Gasteiger partial charge on any atom is 0.271 e. The number of furan rings is 1. The van der Waals surface area contributed by atoms with E-state index in [1.54, 1.807) is 13.2 Å². The Morgan fingerprint density at radius 3 is 2.76 bits per heavy atom. The molecule has 0 amide bonds. The Labute approximate surface area is 99.2 Å². The van der Waals surface area contributed by atoms with Gasteiger partial charge in [0.25, 0.3) is 10.0 Å². The van der Waals surface area contributed by atoms with Crippen molar-refractivity contribution in [3.8, 4) is 0 Å². The van der Waals surface area contributed by atoms with Gasteiger partial charge >= 0.3 is 0 Å². The van der Waals surface area contributed by atoms with Crippen molar-refractivity contribution < 1.29 is 17.6 Å². The maximum absolute atomic E-state index is 11.1. The molecule has 2 aromatic rings. The molecule has 1 aromatic carbocycles. The van der Waals surface area contributed by atoms with Crippen LogP contribution in [0.2, 0.25) is 0 Å². The normalized spacial score (nSPS) is 12.1. The van der Waals surface area contributed by atoms with Gasteiger partial charge < -0.3 is 9.15 Å². The molecule has 1 heterocycles. The van der Waals surface area contributed by atoms with Gasteiger partial charge in [0.2, 0.25) is 5.09 Å². The molecule has 1 aromatic heterocycles. The third kappa shape index (κ3) is 2.66. The topological polar surface area (TPSA) is 82.5 Å². The van der Waals surface area contributed by atoms with E-state index >= 15 is 0 Å². The lowest BCUT2D eigenvalue weighted by Gasteiger charge is -1.99. The number of nitrogens with two attached hydrogens (primary N) is 1. The lowest BCUT2D eigenvalue weighted by molar-refractivity contribution is 0.202. The van der Waals surface area contributed by atoms with E-state index in [1.807, 2.05) is 12.1 Å². The highest BCUT2D eigenvalue weighted by molar-refractivity contribution is 7.89. The van der Waals surface area contributed by atoms with Gasteiger partial charge in [-0.3, -0.25) is 0 Å². The first-order chi connectivity index (χ1) is 8.00. The SMILES string of the molecule is COCCc1ccc2oc(S(N)(=O)=O)cc2c1. The zero-order chi connectivity index (χ0) is 12.5.